The Kier molecular flexibility index (Phi) is 6.14. The third-order valence-electron chi connectivity index (χ3n) is 7.18. The lowest BCUT2D eigenvalue weighted by Gasteiger charge is -2.26. The molecule has 3 atom stereocenters. The van der Waals surface area contributed by atoms with Gasteiger partial charge in [0.15, 0.2) is 0 Å². The molecule has 204 valence electrons. The van der Waals surface area contributed by atoms with Gasteiger partial charge < -0.3 is 5.32 Å². The molecule has 1 saturated heterocycles. The number of hydrogen-bond donors (Lipinski definition) is 1. The first-order valence-corrected chi connectivity index (χ1v) is 13.8. The zero-order valence-electron chi connectivity index (χ0n) is 20.3. The molecule has 9 nitrogen and oxygen atoms in total. The number of halogens is 4. The zero-order valence-corrected chi connectivity index (χ0v) is 21.1. The standard InChI is InChI=1S/C25H22F4N6O3S/c26-16-3-5-18(6-4-16)39(37,38)35-12-14-7-19(14)21(35)23(36)30-11-17-8-20(34-22(33-17)13-1-2-13)15-9-31-24(32-10-15)25(27,28)29/h3-6,8-10,13-14,19,21H,1-2,7,11-12H2,(H,30,36)/t14-,19?,21-/m0/s1. The van der Waals surface area contributed by atoms with Gasteiger partial charge in [-0.05, 0) is 61.4 Å². The number of alkyl halides is 3. The van der Waals surface area contributed by atoms with Crippen molar-refractivity contribution in [2.75, 3.05) is 6.54 Å². The maximum Gasteiger partial charge on any atom is 0.451 e. The molecular weight excluding hydrogens is 540 g/mol. The first-order valence-electron chi connectivity index (χ1n) is 12.3. The Morgan fingerprint density at radius 2 is 1.77 bits per heavy atom. The number of piperidine rings is 1. The molecule has 0 spiro atoms. The molecule has 1 N–H and O–H groups in total. The molecule has 6 rings (SSSR count). The van der Waals surface area contributed by atoms with Crippen molar-refractivity contribution in [3.63, 3.8) is 0 Å². The molecule has 3 aromatic rings. The lowest BCUT2D eigenvalue weighted by atomic mass is 10.1. The Hall–Kier alpha value is -3.52. The molecule has 0 radical (unpaired) electrons. The van der Waals surface area contributed by atoms with Crippen LogP contribution in [0.1, 0.15) is 42.5 Å². The van der Waals surface area contributed by atoms with Crippen molar-refractivity contribution >= 4 is 15.9 Å². The molecule has 0 bridgehead atoms. The fourth-order valence-electron chi connectivity index (χ4n) is 4.91. The Balaban J connectivity index is 1.21. The van der Waals surface area contributed by atoms with Crippen LogP contribution in [0.5, 0.6) is 0 Å². The fraction of sp³-hybridized carbons (Fsp3) is 0.400. The molecule has 1 aromatic carbocycles. The first-order chi connectivity index (χ1) is 18.5. The van der Waals surface area contributed by atoms with Gasteiger partial charge in [0.2, 0.25) is 21.8 Å². The minimum atomic E-state index is -4.67. The van der Waals surface area contributed by atoms with E-state index in [0.717, 1.165) is 43.8 Å². The van der Waals surface area contributed by atoms with E-state index in [4.69, 9.17) is 0 Å². The second kappa shape index (κ2) is 9.30. The van der Waals surface area contributed by atoms with E-state index >= 15 is 0 Å². The van der Waals surface area contributed by atoms with Gasteiger partial charge in [0.05, 0.1) is 22.8 Å². The average molecular weight is 563 g/mol. The number of fused-ring (bicyclic) bond motifs is 1. The molecule has 2 aromatic heterocycles. The Labute approximate surface area is 220 Å². The average Bonchev–Trinajstić information content (AvgIpc) is 3.84. The van der Waals surface area contributed by atoms with Gasteiger partial charge in [0.1, 0.15) is 17.7 Å². The summed E-state index contributed by atoms with van der Waals surface area (Å²) < 4.78 is 79.6. The second-order valence-corrected chi connectivity index (χ2v) is 11.9. The lowest BCUT2D eigenvalue weighted by molar-refractivity contribution is -0.145. The molecule has 2 saturated carbocycles. The van der Waals surface area contributed by atoms with Crippen molar-refractivity contribution in [3.05, 3.63) is 65.9 Å². The van der Waals surface area contributed by atoms with Crippen molar-refractivity contribution in [2.45, 2.75) is 48.8 Å². The number of nitrogens with zero attached hydrogens (tertiary/aromatic N) is 5. The Morgan fingerprint density at radius 1 is 1.08 bits per heavy atom. The van der Waals surface area contributed by atoms with E-state index in [0.29, 0.717) is 17.2 Å². The molecule has 3 aliphatic rings. The molecule has 1 aliphatic heterocycles. The molecular formula is C25H22F4N6O3S. The molecule has 1 unspecified atom stereocenters. The van der Waals surface area contributed by atoms with Gasteiger partial charge in [-0.15, -0.1) is 0 Å². The summed E-state index contributed by atoms with van der Waals surface area (Å²) in [5, 5.41) is 2.78. The van der Waals surface area contributed by atoms with E-state index in [-0.39, 0.29) is 41.3 Å². The third-order valence-corrected chi connectivity index (χ3v) is 9.04. The van der Waals surface area contributed by atoms with Crippen LogP contribution in [0.3, 0.4) is 0 Å². The van der Waals surface area contributed by atoms with Gasteiger partial charge in [-0.2, -0.15) is 17.5 Å². The number of benzene rings is 1. The van der Waals surface area contributed by atoms with Crippen LogP contribution < -0.4 is 5.32 Å². The largest absolute Gasteiger partial charge is 0.451 e. The maximum absolute atomic E-state index is 13.3. The minimum absolute atomic E-state index is 0.0338. The predicted molar refractivity (Wildman–Crippen MR) is 128 cm³/mol. The highest BCUT2D eigenvalue weighted by molar-refractivity contribution is 7.89. The summed E-state index contributed by atoms with van der Waals surface area (Å²) >= 11 is 0. The van der Waals surface area contributed by atoms with E-state index < -0.39 is 39.8 Å². The molecule has 14 heteroatoms. The number of rotatable bonds is 7. The van der Waals surface area contributed by atoms with Gasteiger partial charge in [-0.3, -0.25) is 4.79 Å². The number of carbonyl (C=O) groups is 1. The smallest absolute Gasteiger partial charge is 0.349 e. The van der Waals surface area contributed by atoms with E-state index in [1.807, 2.05) is 0 Å². The number of sulfonamides is 1. The van der Waals surface area contributed by atoms with Gasteiger partial charge in [0, 0.05) is 30.4 Å². The molecule has 39 heavy (non-hydrogen) atoms. The topological polar surface area (TPSA) is 118 Å². The van der Waals surface area contributed by atoms with Gasteiger partial charge in [0.25, 0.3) is 0 Å². The normalized spacial score (nSPS) is 22.9. The highest BCUT2D eigenvalue weighted by Crippen LogP contribution is 2.51. The van der Waals surface area contributed by atoms with E-state index in [9.17, 15) is 30.8 Å². The highest BCUT2D eigenvalue weighted by Gasteiger charge is 2.58. The second-order valence-electron chi connectivity index (χ2n) is 10.0. The summed E-state index contributed by atoms with van der Waals surface area (Å²) in [7, 11) is -4.02. The summed E-state index contributed by atoms with van der Waals surface area (Å²) in [6.07, 6.45) is -0.0921. The van der Waals surface area contributed by atoms with Crippen LogP contribution >= 0.6 is 0 Å². The van der Waals surface area contributed by atoms with Gasteiger partial charge >= 0.3 is 6.18 Å². The van der Waals surface area contributed by atoms with Crippen LogP contribution in [-0.2, 0) is 27.5 Å². The van der Waals surface area contributed by atoms with Gasteiger partial charge in [-0.25, -0.2) is 32.7 Å². The van der Waals surface area contributed by atoms with Crippen LogP contribution in [0, 0.1) is 17.7 Å². The molecule has 2 aliphatic carbocycles. The van der Waals surface area contributed by atoms with Crippen LogP contribution in [0.25, 0.3) is 11.3 Å². The van der Waals surface area contributed by atoms with E-state index in [1.54, 1.807) is 6.07 Å². The lowest BCUT2D eigenvalue weighted by Crippen LogP contribution is -2.48. The van der Waals surface area contributed by atoms with Crippen LogP contribution in [0.15, 0.2) is 47.6 Å². The Bertz CT molecular complexity index is 1530. The van der Waals surface area contributed by atoms with Crippen molar-refractivity contribution in [1.29, 1.82) is 0 Å². The number of nitrogens with one attached hydrogen (secondary N) is 1. The van der Waals surface area contributed by atoms with Crippen molar-refractivity contribution in [1.82, 2.24) is 29.6 Å². The highest BCUT2D eigenvalue weighted by atomic mass is 32.2. The van der Waals surface area contributed by atoms with E-state index in [1.165, 1.54) is 16.4 Å². The van der Waals surface area contributed by atoms with Crippen molar-refractivity contribution < 1.29 is 30.8 Å². The predicted octanol–water partition coefficient (Wildman–Crippen LogP) is 3.29. The number of carbonyl (C=O) groups excluding carboxylic acids is 1. The summed E-state index contributed by atoms with van der Waals surface area (Å²) in [6, 6.07) is 5.11. The number of amides is 1. The Morgan fingerprint density at radius 3 is 2.41 bits per heavy atom. The third kappa shape index (κ3) is 5.10. The zero-order chi connectivity index (χ0) is 27.5. The molecule has 1 amide bonds. The summed E-state index contributed by atoms with van der Waals surface area (Å²) in [5.74, 6) is -1.68. The summed E-state index contributed by atoms with van der Waals surface area (Å²) in [4.78, 5) is 29.0. The quantitative estimate of drug-likeness (QED) is 0.439. The van der Waals surface area contributed by atoms with Crippen LogP contribution in [-0.4, -0.2) is 51.2 Å². The SMILES string of the molecule is O=C(NCc1cc(-c2cnc(C(F)(F)F)nc2)nc(C2CC2)n1)[C@@H]1C2C[C@H]2CN1S(=O)(=O)c1ccc(F)cc1. The van der Waals surface area contributed by atoms with E-state index in [2.05, 4.69) is 25.3 Å². The number of aromatic nitrogens is 4. The monoisotopic (exact) mass is 562 g/mol. The molecule has 3 fully saturated rings. The van der Waals surface area contributed by atoms with Crippen molar-refractivity contribution in [3.8, 4) is 11.3 Å². The molecule has 3 heterocycles. The van der Waals surface area contributed by atoms with Crippen molar-refractivity contribution in [2.24, 2.45) is 11.8 Å². The first kappa shape index (κ1) is 25.7. The summed E-state index contributed by atoms with van der Waals surface area (Å²) in [6.45, 7) is 0.174. The van der Waals surface area contributed by atoms with Crippen LogP contribution in [0.4, 0.5) is 17.6 Å². The fourth-order valence-corrected chi connectivity index (χ4v) is 6.60. The summed E-state index contributed by atoms with van der Waals surface area (Å²) in [5.41, 5.74) is 1.02. The van der Waals surface area contributed by atoms with Crippen LogP contribution in [0.2, 0.25) is 0 Å². The minimum Gasteiger partial charge on any atom is -0.349 e. The van der Waals surface area contributed by atoms with Gasteiger partial charge in [-0.1, -0.05) is 0 Å². The number of hydrogen-bond acceptors (Lipinski definition) is 7. The maximum atomic E-state index is 13.3.